The number of pyridine rings is 1. The molecule has 0 bridgehead atoms. The van der Waals surface area contributed by atoms with E-state index in [4.69, 9.17) is 9.47 Å². The molecule has 0 fully saturated rings. The summed E-state index contributed by atoms with van der Waals surface area (Å²) in [6.07, 6.45) is 6.68. The van der Waals surface area contributed by atoms with Crippen LogP contribution in [0.3, 0.4) is 0 Å². The third kappa shape index (κ3) is 2.23. The lowest BCUT2D eigenvalue weighted by atomic mass is 10.1. The number of hydrogen-bond acceptors (Lipinski definition) is 3. The number of aromatic nitrogens is 1. The summed E-state index contributed by atoms with van der Waals surface area (Å²) in [5.41, 5.74) is 2.34. The highest BCUT2D eigenvalue weighted by Gasteiger charge is 2.12. The minimum atomic E-state index is 0.321. The summed E-state index contributed by atoms with van der Waals surface area (Å²) in [5.74, 6) is 1.65. The predicted molar refractivity (Wildman–Crippen MR) is 63.9 cm³/mol. The van der Waals surface area contributed by atoms with E-state index >= 15 is 0 Å². The van der Waals surface area contributed by atoms with E-state index in [1.807, 2.05) is 30.5 Å². The monoisotopic (exact) mass is 226 g/mol. The topological polar surface area (TPSA) is 31.4 Å². The Balaban J connectivity index is 1.70. The van der Waals surface area contributed by atoms with E-state index in [0.29, 0.717) is 6.79 Å². The number of nitrogens with zero attached hydrogens (tertiary/aromatic N) is 1. The van der Waals surface area contributed by atoms with Crippen molar-refractivity contribution in [2.24, 2.45) is 0 Å². The van der Waals surface area contributed by atoms with Crippen LogP contribution in [-0.2, 0) is 6.42 Å². The minimum absolute atomic E-state index is 0.321. The largest absolute Gasteiger partial charge is 0.454 e. The van der Waals surface area contributed by atoms with Crippen LogP contribution in [0.5, 0.6) is 11.5 Å². The van der Waals surface area contributed by atoms with Crippen molar-refractivity contribution in [2.45, 2.75) is 6.42 Å². The van der Waals surface area contributed by atoms with Gasteiger partial charge < -0.3 is 9.47 Å². The van der Waals surface area contributed by atoms with Gasteiger partial charge in [0.2, 0.25) is 6.79 Å². The second kappa shape index (κ2) is 4.45. The zero-order valence-corrected chi connectivity index (χ0v) is 9.30. The van der Waals surface area contributed by atoms with Crippen molar-refractivity contribution in [2.75, 3.05) is 6.79 Å². The summed E-state index contributed by atoms with van der Waals surface area (Å²) < 4.78 is 10.6. The molecule has 0 saturated heterocycles. The first-order valence-corrected chi connectivity index (χ1v) is 5.53. The number of rotatable bonds is 3. The van der Waals surface area contributed by atoms with Crippen LogP contribution in [0.1, 0.15) is 11.1 Å². The molecule has 1 aromatic heterocycles. The van der Waals surface area contributed by atoms with Gasteiger partial charge in [0.05, 0.1) is 0 Å². The van der Waals surface area contributed by atoms with Crippen molar-refractivity contribution in [1.82, 2.24) is 4.98 Å². The van der Waals surface area contributed by atoms with Crippen LogP contribution < -0.4 is 9.47 Å². The molecule has 0 atom stereocenters. The van der Waals surface area contributed by atoms with Crippen LogP contribution >= 0.6 is 0 Å². The van der Waals surface area contributed by atoms with Gasteiger partial charge in [0.1, 0.15) is 0 Å². The normalized spacial score (nSPS) is 12.7. The van der Waals surface area contributed by atoms with E-state index in [1.165, 1.54) is 5.56 Å². The van der Waals surface area contributed by atoms with Crippen LogP contribution in [0, 0.1) is 6.42 Å². The molecule has 3 rings (SSSR count). The highest BCUT2D eigenvalue weighted by molar-refractivity contribution is 5.46. The molecule has 0 saturated carbocycles. The third-order valence-electron chi connectivity index (χ3n) is 2.69. The minimum Gasteiger partial charge on any atom is -0.454 e. The fraction of sp³-hybridized carbons (Fsp3) is 0.143. The summed E-state index contributed by atoms with van der Waals surface area (Å²) in [7, 11) is 0. The van der Waals surface area contributed by atoms with Crippen LogP contribution in [0.2, 0.25) is 0 Å². The van der Waals surface area contributed by atoms with Gasteiger partial charge in [-0.05, 0) is 42.2 Å². The summed E-state index contributed by atoms with van der Waals surface area (Å²) >= 11 is 0. The first-order valence-electron chi connectivity index (χ1n) is 5.53. The zero-order valence-electron chi connectivity index (χ0n) is 9.30. The molecule has 0 N–H and O–H groups in total. The van der Waals surface area contributed by atoms with Crippen LogP contribution in [0.4, 0.5) is 0 Å². The Hall–Kier alpha value is -2.03. The predicted octanol–water partition coefficient (Wildman–Crippen LogP) is 2.61. The smallest absolute Gasteiger partial charge is 0.231 e. The maximum absolute atomic E-state index is 5.34. The van der Waals surface area contributed by atoms with Crippen LogP contribution in [0.15, 0.2) is 42.7 Å². The number of benzene rings is 1. The molecule has 0 unspecified atom stereocenters. The van der Waals surface area contributed by atoms with E-state index in [1.54, 1.807) is 6.20 Å². The molecule has 0 amide bonds. The van der Waals surface area contributed by atoms with Gasteiger partial charge in [0.15, 0.2) is 11.5 Å². The average Bonchev–Trinajstić information content (AvgIpc) is 2.85. The summed E-state index contributed by atoms with van der Waals surface area (Å²) in [4.78, 5) is 4.09. The molecule has 0 spiro atoms. The average molecular weight is 226 g/mol. The van der Waals surface area contributed by atoms with Crippen molar-refractivity contribution < 1.29 is 9.47 Å². The number of ether oxygens (including phenoxy) is 2. The highest BCUT2D eigenvalue weighted by Crippen LogP contribution is 2.33. The van der Waals surface area contributed by atoms with Crippen molar-refractivity contribution in [1.29, 1.82) is 0 Å². The summed E-state index contributed by atoms with van der Waals surface area (Å²) in [5, 5.41) is 0. The lowest BCUT2D eigenvalue weighted by Gasteiger charge is -2.02. The fourth-order valence-electron chi connectivity index (χ4n) is 1.79. The first kappa shape index (κ1) is 10.1. The Kier molecular flexibility index (Phi) is 2.66. The van der Waals surface area contributed by atoms with E-state index < -0.39 is 0 Å². The Bertz CT molecular complexity index is 511. The first-order chi connectivity index (χ1) is 8.42. The highest BCUT2D eigenvalue weighted by atomic mass is 16.7. The van der Waals surface area contributed by atoms with Crippen molar-refractivity contribution >= 4 is 0 Å². The van der Waals surface area contributed by atoms with E-state index in [-0.39, 0.29) is 0 Å². The van der Waals surface area contributed by atoms with Gasteiger partial charge in [0.25, 0.3) is 0 Å². The van der Waals surface area contributed by atoms with Crippen molar-refractivity contribution in [3.05, 3.63) is 60.3 Å². The fourth-order valence-corrected chi connectivity index (χ4v) is 1.79. The molecular weight excluding hydrogens is 214 g/mol. The van der Waals surface area contributed by atoms with Gasteiger partial charge in [0, 0.05) is 12.4 Å². The van der Waals surface area contributed by atoms with Gasteiger partial charge in [-0.3, -0.25) is 4.98 Å². The van der Waals surface area contributed by atoms with E-state index in [0.717, 1.165) is 23.5 Å². The van der Waals surface area contributed by atoms with Crippen LogP contribution in [0.25, 0.3) is 0 Å². The molecule has 1 aromatic carbocycles. The molecule has 1 aliphatic rings. The Morgan fingerprint density at radius 1 is 1.18 bits per heavy atom. The lowest BCUT2D eigenvalue weighted by Crippen LogP contribution is -1.93. The molecule has 2 heterocycles. The number of fused-ring (bicyclic) bond motifs is 1. The molecule has 85 valence electrons. The number of hydrogen-bond donors (Lipinski definition) is 0. The maximum atomic E-state index is 5.34. The molecule has 1 radical (unpaired) electrons. The quantitative estimate of drug-likeness (QED) is 0.806. The van der Waals surface area contributed by atoms with Crippen LogP contribution in [-0.4, -0.2) is 11.8 Å². The maximum Gasteiger partial charge on any atom is 0.231 e. The second-order valence-electron chi connectivity index (χ2n) is 3.88. The Morgan fingerprint density at radius 2 is 2.12 bits per heavy atom. The van der Waals surface area contributed by atoms with Gasteiger partial charge in [-0.2, -0.15) is 0 Å². The Morgan fingerprint density at radius 3 is 3.00 bits per heavy atom. The molecular formula is C14H12NO2. The standard InChI is InChI=1S/C14H12NO2/c1-2-12(9-15-7-1)4-3-11-5-6-13-14(8-11)17-10-16-13/h1-3,5-9H,4,10H2. The van der Waals surface area contributed by atoms with Gasteiger partial charge in [-0.15, -0.1) is 0 Å². The second-order valence-corrected chi connectivity index (χ2v) is 3.88. The molecule has 3 nitrogen and oxygen atoms in total. The molecule has 3 heteroatoms. The van der Waals surface area contributed by atoms with Gasteiger partial charge >= 0.3 is 0 Å². The molecule has 0 aliphatic carbocycles. The summed E-state index contributed by atoms with van der Waals surface area (Å²) in [6.45, 7) is 0.321. The SMILES string of the molecule is [CH](Cc1cccnc1)c1ccc2c(c1)OCO2. The molecule has 17 heavy (non-hydrogen) atoms. The lowest BCUT2D eigenvalue weighted by molar-refractivity contribution is 0.174. The van der Waals surface area contributed by atoms with Gasteiger partial charge in [-0.25, -0.2) is 0 Å². The van der Waals surface area contributed by atoms with Gasteiger partial charge in [-0.1, -0.05) is 12.1 Å². The molecule has 2 aromatic rings. The third-order valence-corrected chi connectivity index (χ3v) is 2.69. The van der Waals surface area contributed by atoms with Crippen molar-refractivity contribution in [3.63, 3.8) is 0 Å². The van der Waals surface area contributed by atoms with Crippen molar-refractivity contribution in [3.8, 4) is 11.5 Å². The van der Waals surface area contributed by atoms with E-state index in [9.17, 15) is 0 Å². The Labute approximate surface area is 100 Å². The summed E-state index contributed by atoms with van der Waals surface area (Å²) in [6, 6.07) is 9.99. The van der Waals surface area contributed by atoms with E-state index in [2.05, 4.69) is 17.5 Å². The molecule has 1 aliphatic heterocycles. The zero-order chi connectivity index (χ0) is 11.5.